The van der Waals surface area contributed by atoms with Gasteiger partial charge in [0.2, 0.25) is 0 Å². The molecule has 2 N–H and O–H groups in total. The maximum Gasteiger partial charge on any atom is 0.133 e. The minimum Gasteiger partial charge on any atom is -0.325 e. The minimum atomic E-state index is 0.395. The van der Waals surface area contributed by atoms with Crippen molar-refractivity contribution >= 4 is 23.2 Å². The molecule has 0 bridgehead atoms. The van der Waals surface area contributed by atoms with Gasteiger partial charge >= 0.3 is 0 Å². The van der Waals surface area contributed by atoms with Crippen molar-refractivity contribution in [1.82, 2.24) is 9.97 Å². The summed E-state index contributed by atoms with van der Waals surface area (Å²) in [4.78, 5) is 8.75. The number of nitrogens with two attached hydrogens (primary N) is 1. The Morgan fingerprint density at radius 1 is 1.17 bits per heavy atom. The van der Waals surface area contributed by atoms with Gasteiger partial charge in [-0.2, -0.15) is 0 Å². The molecule has 94 valence electrons. The molecule has 2 aromatic rings. The van der Waals surface area contributed by atoms with Gasteiger partial charge in [-0.05, 0) is 30.7 Å². The monoisotopic (exact) mass is 281 g/mol. The van der Waals surface area contributed by atoms with E-state index in [1.807, 2.05) is 31.2 Å². The van der Waals surface area contributed by atoms with Crippen LogP contribution in [0.5, 0.6) is 0 Å². The van der Waals surface area contributed by atoms with Gasteiger partial charge in [0.15, 0.2) is 0 Å². The number of aromatic nitrogens is 2. The standard InChI is InChI=1S/C13H13Cl2N3/c1-8-5-9(7-16)18-13(17-8)6-10-11(14)3-2-4-12(10)15/h2-5H,6-7,16H2,1H3. The van der Waals surface area contributed by atoms with E-state index in [1.165, 1.54) is 0 Å². The molecule has 0 aliphatic carbocycles. The summed E-state index contributed by atoms with van der Waals surface area (Å²) in [5.41, 5.74) is 8.15. The molecule has 0 atom stereocenters. The number of halogens is 2. The second-order valence-electron chi connectivity index (χ2n) is 4.00. The predicted octanol–water partition coefficient (Wildman–Crippen LogP) is 3.14. The Labute approximate surface area is 116 Å². The maximum atomic E-state index is 6.13. The second-order valence-corrected chi connectivity index (χ2v) is 4.81. The Kier molecular flexibility index (Phi) is 4.17. The van der Waals surface area contributed by atoms with Crippen LogP contribution in [0.3, 0.4) is 0 Å². The summed E-state index contributed by atoms with van der Waals surface area (Å²) in [5, 5.41) is 1.25. The number of hydrogen-bond donors (Lipinski definition) is 1. The Balaban J connectivity index is 2.37. The number of rotatable bonds is 3. The fraction of sp³-hybridized carbons (Fsp3) is 0.231. The highest BCUT2D eigenvalue weighted by atomic mass is 35.5. The Morgan fingerprint density at radius 3 is 2.44 bits per heavy atom. The molecule has 5 heteroatoms. The summed E-state index contributed by atoms with van der Waals surface area (Å²) in [5.74, 6) is 0.686. The zero-order valence-electron chi connectivity index (χ0n) is 9.95. The summed E-state index contributed by atoms with van der Waals surface area (Å²) in [6.45, 7) is 2.31. The predicted molar refractivity (Wildman–Crippen MR) is 73.9 cm³/mol. The number of nitrogens with zero attached hydrogens (tertiary/aromatic N) is 2. The van der Waals surface area contributed by atoms with Crippen molar-refractivity contribution in [2.75, 3.05) is 0 Å². The van der Waals surface area contributed by atoms with Crippen LogP contribution in [0.4, 0.5) is 0 Å². The third kappa shape index (κ3) is 2.99. The van der Waals surface area contributed by atoms with Crippen LogP contribution < -0.4 is 5.73 Å². The fourth-order valence-corrected chi connectivity index (χ4v) is 2.27. The molecule has 0 aliphatic rings. The summed E-state index contributed by atoms with van der Waals surface area (Å²) >= 11 is 12.3. The van der Waals surface area contributed by atoms with Crippen molar-refractivity contribution in [3.05, 3.63) is 57.1 Å². The molecule has 1 heterocycles. The Morgan fingerprint density at radius 2 is 1.83 bits per heavy atom. The molecule has 1 aromatic heterocycles. The molecule has 0 saturated heterocycles. The number of hydrogen-bond acceptors (Lipinski definition) is 3. The lowest BCUT2D eigenvalue weighted by molar-refractivity contribution is 0.874. The van der Waals surface area contributed by atoms with E-state index < -0.39 is 0 Å². The van der Waals surface area contributed by atoms with Crippen molar-refractivity contribution in [1.29, 1.82) is 0 Å². The summed E-state index contributed by atoms with van der Waals surface area (Å²) in [7, 11) is 0. The SMILES string of the molecule is Cc1cc(CN)nc(Cc2c(Cl)cccc2Cl)n1. The first-order chi connectivity index (χ1) is 8.60. The van der Waals surface area contributed by atoms with E-state index in [0.29, 0.717) is 28.8 Å². The van der Waals surface area contributed by atoms with Gasteiger partial charge in [-0.3, -0.25) is 0 Å². The molecule has 0 radical (unpaired) electrons. The van der Waals surface area contributed by atoms with Crippen LogP contribution in [0.2, 0.25) is 10.0 Å². The van der Waals surface area contributed by atoms with E-state index >= 15 is 0 Å². The van der Waals surface area contributed by atoms with E-state index in [4.69, 9.17) is 28.9 Å². The quantitative estimate of drug-likeness (QED) is 0.940. The summed E-state index contributed by atoms with van der Waals surface area (Å²) < 4.78 is 0. The van der Waals surface area contributed by atoms with Crippen LogP contribution >= 0.6 is 23.2 Å². The molecule has 0 aliphatic heterocycles. The summed E-state index contributed by atoms with van der Waals surface area (Å²) in [6, 6.07) is 7.30. The highest BCUT2D eigenvalue weighted by Crippen LogP contribution is 2.26. The molecule has 0 saturated carbocycles. The zero-order chi connectivity index (χ0) is 13.1. The van der Waals surface area contributed by atoms with Gasteiger partial charge in [0.25, 0.3) is 0 Å². The number of aryl methyl sites for hydroxylation is 1. The van der Waals surface area contributed by atoms with E-state index in [1.54, 1.807) is 0 Å². The first-order valence-electron chi connectivity index (χ1n) is 5.56. The van der Waals surface area contributed by atoms with Crippen molar-refractivity contribution in [3.63, 3.8) is 0 Å². The molecule has 2 rings (SSSR count). The van der Waals surface area contributed by atoms with Crippen LogP contribution in [-0.2, 0) is 13.0 Å². The van der Waals surface area contributed by atoms with Crippen molar-refractivity contribution in [2.24, 2.45) is 5.73 Å². The van der Waals surface area contributed by atoms with Crippen LogP contribution in [0.15, 0.2) is 24.3 Å². The fourth-order valence-electron chi connectivity index (χ4n) is 1.74. The van der Waals surface area contributed by atoms with Gasteiger partial charge in [0, 0.05) is 28.7 Å². The lowest BCUT2D eigenvalue weighted by Crippen LogP contribution is -2.06. The van der Waals surface area contributed by atoms with E-state index in [-0.39, 0.29) is 0 Å². The molecule has 0 fully saturated rings. The average molecular weight is 282 g/mol. The third-order valence-electron chi connectivity index (χ3n) is 2.56. The van der Waals surface area contributed by atoms with Gasteiger partial charge in [0.1, 0.15) is 5.82 Å². The average Bonchev–Trinajstić information content (AvgIpc) is 2.33. The largest absolute Gasteiger partial charge is 0.325 e. The number of benzene rings is 1. The third-order valence-corrected chi connectivity index (χ3v) is 3.27. The topological polar surface area (TPSA) is 51.8 Å². The first-order valence-corrected chi connectivity index (χ1v) is 6.32. The van der Waals surface area contributed by atoms with Crippen LogP contribution in [0.25, 0.3) is 0 Å². The molecule has 18 heavy (non-hydrogen) atoms. The van der Waals surface area contributed by atoms with Crippen LogP contribution in [0.1, 0.15) is 22.8 Å². The van der Waals surface area contributed by atoms with Gasteiger partial charge in [-0.25, -0.2) is 9.97 Å². The molecule has 0 unspecified atom stereocenters. The molecule has 3 nitrogen and oxygen atoms in total. The Bertz CT molecular complexity index is 550. The maximum absolute atomic E-state index is 6.13. The van der Waals surface area contributed by atoms with Gasteiger partial charge in [-0.15, -0.1) is 0 Å². The zero-order valence-corrected chi connectivity index (χ0v) is 11.5. The molecule has 0 spiro atoms. The Hall–Kier alpha value is -1.16. The first kappa shape index (κ1) is 13.3. The molecular weight excluding hydrogens is 269 g/mol. The lowest BCUT2D eigenvalue weighted by atomic mass is 10.1. The van der Waals surface area contributed by atoms with E-state index in [9.17, 15) is 0 Å². The van der Waals surface area contributed by atoms with Crippen LogP contribution in [-0.4, -0.2) is 9.97 Å². The van der Waals surface area contributed by atoms with E-state index in [0.717, 1.165) is 17.0 Å². The van der Waals surface area contributed by atoms with Crippen molar-refractivity contribution in [2.45, 2.75) is 19.9 Å². The second kappa shape index (κ2) is 5.65. The molecule has 1 aromatic carbocycles. The highest BCUT2D eigenvalue weighted by Gasteiger charge is 2.09. The van der Waals surface area contributed by atoms with Gasteiger partial charge < -0.3 is 5.73 Å². The molecular formula is C13H13Cl2N3. The van der Waals surface area contributed by atoms with Crippen molar-refractivity contribution < 1.29 is 0 Å². The smallest absolute Gasteiger partial charge is 0.133 e. The molecule has 0 amide bonds. The van der Waals surface area contributed by atoms with Gasteiger partial charge in [0.05, 0.1) is 5.69 Å². The van der Waals surface area contributed by atoms with E-state index in [2.05, 4.69) is 9.97 Å². The van der Waals surface area contributed by atoms with Crippen molar-refractivity contribution in [3.8, 4) is 0 Å². The lowest BCUT2D eigenvalue weighted by Gasteiger charge is -2.08. The summed E-state index contributed by atoms with van der Waals surface area (Å²) in [6.07, 6.45) is 0.507. The highest BCUT2D eigenvalue weighted by molar-refractivity contribution is 6.36. The minimum absolute atomic E-state index is 0.395. The normalized spacial score (nSPS) is 10.7. The van der Waals surface area contributed by atoms with Gasteiger partial charge in [-0.1, -0.05) is 29.3 Å². The van der Waals surface area contributed by atoms with Crippen LogP contribution in [0, 0.1) is 6.92 Å².